The molecule has 2 unspecified atom stereocenters. The molecule has 4 heteroatoms. The zero-order valence-electron chi connectivity index (χ0n) is 10.5. The molecule has 1 heterocycles. The van der Waals surface area contributed by atoms with Crippen LogP contribution in [0.4, 0.5) is 0 Å². The van der Waals surface area contributed by atoms with Gasteiger partial charge in [0.15, 0.2) is 0 Å². The van der Waals surface area contributed by atoms with Gasteiger partial charge in [0, 0.05) is 12.7 Å². The summed E-state index contributed by atoms with van der Waals surface area (Å²) in [6.45, 7) is 8.53. The van der Waals surface area contributed by atoms with Crippen LogP contribution in [0.2, 0.25) is 0 Å². The van der Waals surface area contributed by atoms with Crippen LogP contribution in [0.15, 0.2) is 12.3 Å². The second-order valence-corrected chi connectivity index (χ2v) is 5.23. The zero-order valence-corrected chi connectivity index (χ0v) is 10.5. The summed E-state index contributed by atoms with van der Waals surface area (Å²) in [4.78, 5) is 0. The molecule has 0 radical (unpaired) electrons. The van der Waals surface area contributed by atoms with Crippen molar-refractivity contribution in [1.82, 2.24) is 9.78 Å². The maximum Gasteiger partial charge on any atom is 0.122 e. The summed E-state index contributed by atoms with van der Waals surface area (Å²) in [6, 6.07) is 1.76. The highest BCUT2D eigenvalue weighted by atomic mass is 16.3. The van der Waals surface area contributed by atoms with Crippen molar-refractivity contribution in [3.63, 3.8) is 0 Å². The maximum absolute atomic E-state index is 10.1. The molecule has 2 atom stereocenters. The lowest BCUT2D eigenvalue weighted by Crippen LogP contribution is -2.33. The quantitative estimate of drug-likeness (QED) is 0.822. The fourth-order valence-corrected chi connectivity index (χ4v) is 1.63. The Balaban J connectivity index is 2.87. The van der Waals surface area contributed by atoms with Crippen molar-refractivity contribution in [1.29, 1.82) is 0 Å². The van der Waals surface area contributed by atoms with Crippen LogP contribution in [0, 0.1) is 5.41 Å². The van der Waals surface area contributed by atoms with Gasteiger partial charge in [0.2, 0.25) is 0 Å². The second-order valence-electron chi connectivity index (χ2n) is 5.23. The molecule has 92 valence electrons. The van der Waals surface area contributed by atoms with Gasteiger partial charge in [-0.25, -0.2) is 0 Å². The number of aryl methyl sites for hydroxylation is 1. The largest absolute Gasteiger partial charge is 0.389 e. The molecule has 0 aliphatic carbocycles. The van der Waals surface area contributed by atoms with E-state index in [-0.39, 0.29) is 5.41 Å². The van der Waals surface area contributed by atoms with E-state index in [1.807, 2.05) is 20.8 Å². The van der Waals surface area contributed by atoms with E-state index in [2.05, 4.69) is 12.0 Å². The number of aromatic nitrogens is 2. The van der Waals surface area contributed by atoms with Crippen LogP contribution in [0.1, 0.15) is 45.9 Å². The Morgan fingerprint density at radius 3 is 2.50 bits per heavy atom. The Morgan fingerprint density at radius 2 is 2.00 bits per heavy atom. The van der Waals surface area contributed by atoms with Gasteiger partial charge in [-0.3, -0.25) is 4.68 Å². The van der Waals surface area contributed by atoms with Gasteiger partial charge in [-0.2, -0.15) is 5.10 Å². The van der Waals surface area contributed by atoms with Crippen molar-refractivity contribution in [3.8, 4) is 0 Å². The Kier molecular flexibility index (Phi) is 4.10. The van der Waals surface area contributed by atoms with Gasteiger partial charge in [-0.15, -0.1) is 0 Å². The summed E-state index contributed by atoms with van der Waals surface area (Å²) in [7, 11) is 0. The fraction of sp³-hybridized carbons (Fsp3) is 0.750. The van der Waals surface area contributed by atoms with Gasteiger partial charge in [-0.1, -0.05) is 27.7 Å². The first-order valence-electron chi connectivity index (χ1n) is 5.75. The number of nitrogens with zero attached hydrogens (tertiary/aromatic N) is 2. The molecule has 0 saturated carbocycles. The van der Waals surface area contributed by atoms with Crippen LogP contribution in [0.3, 0.4) is 0 Å². The first kappa shape index (κ1) is 13.2. The van der Waals surface area contributed by atoms with Gasteiger partial charge < -0.3 is 10.2 Å². The van der Waals surface area contributed by atoms with Crippen LogP contribution in [0.5, 0.6) is 0 Å². The molecule has 0 aliphatic rings. The summed E-state index contributed by atoms with van der Waals surface area (Å²) in [5, 5.41) is 24.3. The van der Waals surface area contributed by atoms with Crippen LogP contribution in [0.25, 0.3) is 0 Å². The van der Waals surface area contributed by atoms with Crippen molar-refractivity contribution in [2.24, 2.45) is 5.41 Å². The predicted octanol–water partition coefficient (Wildman–Crippen LogP) is 1.73. The van der Waals surface area contributed by atoms with Crippen LogP contribution in [-0.4, -0.2) is 26.1 Å². The maximum atomic E-state index is 10.1. The first-order valence-corrected chi connectivity index (χ1v) is 5.75. The van der Waals surface area contributed by atoms with E-state index in [0.717, 1.165) is 13.0 Å². The molecule has 0 aliphatic heterocycles. The van der Waals surface area contributed by atoms with Crippen LogP contribution in [-0.2, 0) is 6.54 Å². The van der Waals surface area contributed by atoms with Crippen molar-refractivity contribution in [2.45, 2.75) is 52.9 Å². The van der Waals surface area contributed by atoms with Crippen molar-refractivity contribution in [3.05, 3.63) is 18.0 Å². The van der Waals surface area contributed by atoms with Crippen molar-refractivity contribution < 1.29 is 10.2 Å². The van der Waals surface area contributed by atoms with Gasteiger partial charge in [-0.05, 0) is 17.9 Å². The van der Waals surface area contributed by atoms with E-state index in [4.69, 9.17) is 0 Å². The fourth-order valence-electron chi connectivity index (χ4n) is 1.63. The molecule has 4 nitrogen and oxygen atoms in total. The molecule has 0 spiro atoms. The minimum absolute atomic E-state index is 0.346. The van der Waals surface area contributed by atoms with Gasteiger partial charge in [0.05, 0.1) is 11.8 Å². The molecular weight excluding hydrogens is 204 g/mol. The molecule has 1 aromatic rings. The Hall–Kier alpha value is -0.870. The molecular formula is C12H22N2O2. The van der Waals surface area contributed by atoms with E-state index in [1.165, 1.54) is 0 Å². The molecule has 1 aromatic heterocycles. The topological polar surface area (TPSA) is 58.3 Å². The summed E-state index contributed by atoms with van der Waals surface area (Å²) < 4.78 is 1.75. The standard InChI is InChI=1S/C12H22N2O2/c1-5-8-14-9(6-7-13-14)10(15)11(16)12(2,3)4/h6-7,10-11,15-16H,5,8H2,1-4H3. The van der Waals surface area contributed by atoms with E-state index in [1.54, 1.807) is 16.9 Å². The van der Waals surface area contributed by atoms with E-state index >= 15 is 0 Å². The highest BCUT2D eigenvalue weighted by Gasteiger charge is 2.31. The lowest BCUT2D eigenvalue weighted by Gasteiger charge is -2.30. The molecule has 2 N–H and O–H groups in total. The molecule has 0 bridgehead atoms. The average Bonchev–Trinajstić information content (AvgIpc) is 2.63. The van der Waals surface area contributed by atoms with E-state index in [9.17, 15) is 10.2 Å². The van der Waals surface area contributed by atoms with Gasteiger partial charge in [0.25, 0.3) is 0 Å². The van der Waals surface area contributed by atoms with Crippen molar-refractivity contribution in [2.75, 3.05) is 0 Å². The normalized spacial score (nSPS) is 16.1. The minimum atomic E-state index is -0.881. The zero-order chi connectivity index (χ0) is 12.3. The number of hydrogen-bond acceptors (Lipinski definition) is 3. The molecule has 0 fully saturated rings. The number of aliphatic hydroxyl groups is 2. The first-order chi connectivity index (χ1) is 7.38. The molecule has 1 rings (SSSR count). The summed E-state index contributed by atoms with van der Waals surface area (Å²) in [5.41, 5.74) is 0.338. The smallest absolute Gasteiger partial charge is 0.122 e. The lowest BCUT2D eigenvalue weighted by molar-refractivity contribution is -0.0496. The third-order valence-electron chi connectivity index (χ3n) is 2.67. The van der Waals surface area contributed by atoms with Crippen LogP contribution >= 0.6 is 0 Å². The number of aliphatic hydroxyl groups excluding tert-OH is 2. The average molecular weight is 226 g/mol. The minimum Gasteiger partial charge on any atom is -0.389 e. The van der Waals surface area contributed by atoms with Crippen LogP contribution < -0.4 is 0 Å². The Bertz CT molecular complexity index is 328. The van der Waals surface area contributed by atoms with Gasteiger partial charge in [0.1, 0.15) is 6.10 Å². The summed E-state index contributed by atoms with van der Waals surface area (Å²) >= 11 is 0. The molecule has 0 aromatic carbocycles. The number of hydrogen-bond donors (Lipinski definition) is 2. The predicted molar refractivity (Wildman–Crippen MR) is 62.9 cm³/mol. The third-order valence-corrected chi connectivity index (χ3v) is 2.67. The second kappa shape index (κ2) is 4.97. The van der Waals surface area contributed by atoms with Crippen molar-refractivity contribution >= 4 is 0 Å². The monoisotopic (exact) mass is 226 g/mol. The molecule has 0 amide bonds. The highest BCUT2D eigenvalue weighted by Crippen LogP contribution is 2.29. The SMILES string of the molecule is CCCn1nccc1C(O)C(O)C(C)(C)C. The summed E-state index contributed by atoms with van der Waals surface area (Å²) in [5.74, 6) is 0. The Morgan fingerprint density at radius 1 is 1.38 bits per heavy atom. The molecule has 16 heavy (non-hydrogen) atoms. The molecule has 0 saturated heterocycles. The van der Waals surface area contributed by atoms with E-state index in [0.29, 0.717) is 5.69 Å². The third kappa shape index (κ3) is 2.83. The lowest BCUT2D eigenvalue weighted by atomic mass is 9.85. The number of rotatable bonds is 4. The Labute approximate surface area is 96.9 Å². The van der Waals surface area contributed by atoms with E-state index < -0.39 is 12.2 Å². The highest BCUT2D eigenvalue weighted by molar-refractivity contribution is 5.07. The van der Waals surface area contributed by atoms with Gasteiger partial charge >= 0.3 is 0 Å². The summed E-state index contributed by atoms with van der Waals surface area (Å²) in [6.07, 6.45) is 0.935.